The average Bonchev–Trinajstić information content (AvgIpc) is 1.83. The van der Waals surface area contributed by atoms with E-state index in [1.807, 2.05) is 73.7 Å². The Balaban J connectivity index is 1.31. The molecule has 0 aliphatic carbocycles. The van der Waals surface area contributed by atoms with Crippen LogP contribution in [-0.2, 0) is 0 Å². The fourth-order valence-corrected chi connectivity index (χ4v) is 14.1. The fourth-order valence-electron chi connectivity index (χ4n) is 13.1. The number of ether oxygens (including phenoxy) is 2. The van der Waals surface area contributed by atoms with Crippen molar-refractivity contribution in [3.63, 3.8) is 0 Å². The lowest BCUT2D eigenvalue weighted by Crippen LogP contribution is -2.25. The third-order valence-corrected chi connectivity index (χ3v) is 17.4. The summed E-state index contributed by atoms with van der Waals surface area (Å²) in [5.41, 5.74) is 7.72. The Morgan fingerprint density at radius 1 is 0.554 bits per heavy atom. The zero-order chi connectivity index (χ0) is 60.2. The first-order valence-electron chi connectivity index (χ1n) is 30.6. The number of aromatic nitrogens is 4. The predicted octanol–water partition coefficient (Wildman–Crippen LogP) is 19.2. The maximum Gasteiger partial charge on any atom is 0.240 e. The Labute approximate surface area is 500 Å². The second-order valence-corrected chi connectivity index (χ2v) is 30.6. The van der Waals surface area contributed by atoms with Crippen LogP contribution in [0.4, 0.5) is 0 Å². The predicted molar refractivity (Wildman–Crippen MR) is 347 cm³/mol. The summed E-state index contributed by atoms with van der Waals surface area (Å²) in [5, 5.41) is 26.0. The third-order valence-electron chi connectivity index (χ3n) is 16.4. The topological polar surface area (TPSA) is 137 Å². The van der Waals surface area contributed by atoms with Gasteiger partial charge in [0.2, 0.25) is 5.89 Å². The minimum Gasteiger partial charge on any atom is -0.493 e. The number of hydrogen-bond acceptors (Lipinski definition) is 8. The first kappa shape index (κ1) is 62.4. The highest BCUT2D eigenvalue weighted by molar-refractivity contribution is 7.19. The van der Waals surface area contributed by atoms with E-state index in [1.54, 1.807) is 0 Å². The number of nitrogens with zero attached hydrogens (tertiary/aromatic N) is 4. The number of nitrogens with one attached hydrogen (secondary N) is 2. The van der Waals surface area contributed by atoms with Crippen LogP contribution in [0.1, 0.15) is 179 Å². The molecule has 2 N–H and O–H groups in total. The van der Waals surface area contributed by atoms with Crippen molar-refractivity contribution < 1.29 is 13.9 Å². The number of oxazole rings is 1. The van der Waals surface area contributed by atoms with Crippen molar-refractivity contribution in [1.29, 1.82) is 10.5 Å². The summed E-state index contributed by atoms with van der Waals surface area (Å²) in [6.45, 7) is 40.8. The molecule has 6 unspecified atom stereocenters. The van der Waals surface area contributed by atoms with Crippen LogP contribution in [0.5, 0.6) is 11.5 Å². The molecule has 440 valence electrons. The number of aromatic amines is 2. The zero-order valence-corrected chi connectivity index (χ0v) is 53.9. The van der Waals surface area contributed by atoms with Crippen LogP contribution < -0.4 is 20.2 Å². The number of H-pyrrole nitrogens is 2. The zero-order valence-electron chi connectivity index (χ0n) is 53.1. The van der Waals surface area contributed by atoms with E-state index in [-0.39, 0.29) is 33.1 Å². The van der Waals surface area contributed by atoms with Crippen LogP contribution >= 0.6 is 11.3 Å². The number of aryl methyl sites for hydroxylation is 1. The minimum atomic E-state index is 0.186. The molecule has 0 amide bonds. The molecule has 0 radical (unpaired) electrons. The van der Waals surface area contributed by atoms with Crippen molar-refractivity contribution in [1.82, 2.24) is 19.9 Å². The number of benzene rings is 4. The molecule has 0 aliphatic rings. The lowest BCUT2D eigenvalue weighted by molar-refractivity contribution is 0.147. The van der Waals surface area contributed by atoms with Gasteiger partial charge in [0.25, 0.3) is 0 Å². The largest absolute Gasteiger partial charge is 0.493 e. The van der Waals surface area contributed by atoms with Gasteiger partial charge in [0.1, 0.15) is 45.3 Å². The number of nitriles is 2. The molecule has 83 heavy (non-hydrogen) atoms. The lowest BCUT2D eigenvalue weighted by Gasteiger charge is -2.31. The molecule has 8 aromatic rings. The summed E-state index contributed by atoms with van der Waals surface area (Å²) in [7, 11) is 0. The molecular weight excluding hydrogens is 1040 g/mol. The molecule has 0 spiro atoms. The molecule has 8 rings (SSSR count). The van der Waals surface area contributed by atoms with Crippen molar-refractivity contribution in [2.24, 2.45) is 57.2 Å². The van der Waals surface area contributed by atoms with Crippen LogP contribution in [0.2, 0.25) is 0 Å². The first-order valence-corrected chi connectivity index (χ1v) is 31.4. The van der Waals surface area contributed by atoms with Gasteiger partial charge >= 0.3 is 0 Å². The fraction of sp³-hybridized carbons (Fsp3) is 0.507. The van der Waals surface area contributed by atoms with Crippen molar-refractivity contribution in [3.05, 3.63) is 118 Å². The highest BCUT2D eigenvalue weighted by Gasteiger charge is 2.29. The molecule has 0 fully saturated rings. The minimum absolute atomic E-state index is 0.186. The van der Waals surface area contributed by atoms with Crippen molar-refractivity contribution in [3.8, 4) is 46.2 Å². The summed E-state index contributed by atoms with van der Waals surface area (Å²) in [5.74, 6) is 4.54. The monoisotopic (exact) mass is 1130 g/mol. The maximum absolute atomic E-state index is 11.5. The molecule has 4 heterocycles. The second kappa shape index (κ2) is 25.7. The molecule has 4 aromatic heterocycles. The van der Waals surface area contributed by atoms with E-state index in [4.69, 9.17) is 23.9 Å². The Morgan fingerprint density at radius 2 is 1.04 bits per heavy atom. The molecule has 0 aliphatic heterocycles. The lowest BCUT2D eigenvalue weighted by atomic mass is 9.76. The van der Waals surface area contributed by atoms with Gasteiger partial charge in [0, 0.05) is 21.9 Å². The van der Waals surface area contributed by atoms with Gasteiger partial charge < -0.3 is 23.9 Å². The van der Waals surface area contributed by atoms with E-state index in [1.165, 1.54) is 24.2 Å². The summed E-state index contributed by atoms with van der Waals surface area (Å²) in [4.78, 5) is 17.6. The molecule has 4 aromatic carbocycles. The van der Waals surface area contributed by atoms with Crippen LogP contribution in [-0.4, -0.2) is 33.1 Å². The van der Waals surface area contributed by atoms with Crippen LogP contribution in [0.15, 0.2) is 95.4 Å². The molecule has 0 saturated heterocycles. The van der Waals surface area contributed by atoms with E-state index < -0.39 is 0 Å². The van der Waals surface area contributed by atoms with Gasteiger partial charge in [-0.3, -0.25) is 0 Å². The van der Waals surface area contributed by atoms with Gasteiger partial charge in [-0.2, -0.15) is 10.5 Å². The summed E-state index contributed by atoms with van der Waals surface area (Å²) in [6.07, 6.45) is 9.04. The summed E-state index contributed by atoms with van der Waals surface area (Å²) < 4.78 is 21.3. The number of thiazole rings is 1. The maximum atomic E-state index is 11.5. The molecule has 0 bridgehead atoms. The third kappa shape index (κ3) is 16.4. The SMILES string of the molecule is Cc1ccc2oc(/C(C#N)=c3\[nH]c(-c4cccc(OCC(CCC(C)CC(C)(C)C)C(C)CC(C)(C)C)c4)c4/c(=C(\C#N)c5nc6ccccc6s5)[nH]c(-c5cccc(OCC(CCC(C)CC(C)(C)C)C(C)CC(C)(C)C)c5)c34)nc2c1. The number of hydrogen-bond donors (Lipinski definition) is 2. The van der Waals surface area contributed by atoms with Crippen molar-refractivity contribution >= 4 is 54.6 Å². The van der Waals surface area contributed by atoms with E-state index in [9.17, 15) is 10.5 Å². The smallest absolute Gasteiger partial charge is 0.240 e. The van der Waals surface area contributed by atoms with Gasteiger partial charge in [-0.25, -0.2) is 9.97 Å². The van der Waals surface area contributed by atoms with Gasteiger partial charge in [-0.1, -0.05) is 166 Å². The summed E-state index contributed by atoms with van der Waals surface area (Å²) >= 11 is 1.48. The molecular formula is C73H94N6O3S. The Hall–Kier alpha value is -6.62. The molecule has 6 atom stereocenters. The average molecular weight is 1140 g/mol. The normalized spacial score (nSPS) is 15.6. The Kier molecular flexibility index (Phi) is 19.3. The standard InChI is InChI=1S/C73H94N6O3S/c1-45-30-33-60-59(34-45)76-68(82-60)56(41-74)66-62-63(65(78-66)51-23-21-25-55(36-51)81-44-53(49(5)40-73(15,16)17)32-29-47(3)38-71(9,10)11)67(57(42-75)69-77-58-26-18-19-27-61(58)83-69)79-64(62)50-22-20-24-54(35-50)80-43-52(48(4)39-72(12,13)14)31-28-46(2)37-70(6,7)8/h18-27,30,33-36,46-49,52-53,78-79H,28-29,31-32,37-40,43-44H2,1-17H3/b66-56-,67-57-. The van der Waals surface area contributed by atoms with E-state index in [0.29, 0.717) is 97.9 Å². The van der Waals surface area contributed by atoms with Gasteiger partial charge in [0.15, 0.2) is 5.58 Å². The Morgan fingerprint density at radius 3 is 1.51 bits per heavy atom. The van der Waals surface area contributed by atoms with E-state index >= 15 is 0 Å². The number of rotatable bonds is 22. The first-order chi connectivity index (χ1) is 39.0. The van der Waals surface area contributed by atoms with E-state index in [0.717, 1.165) is 82.3 Å². The quantitative estimate of drug-likeness (QED) is 0.0689. The number of para-hydroxylation sites is 1. The van der Waals surface area contributed by atoms with Crippen molar-refractivity contribution in [2.75, 3.05) is 13.2 Å². The second-order valence-electron chi connectivity index (χ2n) is 29.5. The Bertz CT molecular complexity index is 3600. The number of fused-ring (bicyclic) bond motifs is 3. The van der Waals surface area contributed by atoms with Gasteiger partial charge in [0.05, 0.1) is 45.5 Å². The van der Waals surface area contributed by atoms with Gasteiger partial charge in [-0.15, -0.1) is 11.3 Å². The molecule has 10 heteroatoms. The van der Waals surface area contributed by atoms with Crippen LogP contribution in [0, 0.1) is 86.8 Å². The summed E-state index contributed by atoms with van der Waals surface area (Å²) in [6, 6.07) is 35.4. The van der Waals surface area contributed by atoms with Gasteiger partial charge in [-0.05, 0) is 157 Å². The molecule has 9 nitrogen and oxygen atoms in total. The molecule has 0 saturated carbocycles. The van der Waals surface area contributed by atoms with Crippen LogP contribution in [0.3, 0.4) is 0 Å². The highest BCUT2D eigenvalue weighted by atomic mass is 32.1. The van der Waals surface area contributed by atoms with Crippen LogP contribution in [0.25, 0.3) is 65.7 Å². The van der Waals surface area contributed by atoms with E-state index in [2.05, 4.69) is 157 Å². The van der Waals surface area contributed by atoms with Crippen molar-refractivity contribution in [2.45, 2.75) is 169 Å². The highest BCUT2D eigenvalue weighted by Crippen LogP contribution is 2.39.